The molecule has 0 saturated heterocycles. The fraction of sp³-hybridized carbons (Fsp3) is 0.111. The third kappa shape index (κ3) is 3.18. The van der Waals surface area contributed by atoms with Gasteiger partial charge >= 0.3 is 11.9 Å². The molecule has 8 heteroatoms. The van der Waals surface area contributed by atoms with E-state index in [1.807, 2.05) is 0 Å². The predicted molar refractivity (Wildman–Crippen MR) is 92.5 cm³/mol. The Balaban J connectivity index is 1.98. The Morgan fingerprint density at radius 2 is 1.62 bits per heavy atom. The van der Waals surface area contributed by atoms with Gasteiger partial charge in [-0.2, -0.15) is 0 Å². The molecule has 0 spiro atoms. The van der Waals surface area contributed by atoms with E-state index in [0.29, 0.717) is 0 Å². The maximum absolute atomic E-state index is 12.6. The van der Waals surface area contributed by atoms with Crippen LogP contribution in [-0.2, 0) is 19.6 Å². The maximum Gasteiger partial charge on any atom is 0.347 e. The predicted octanol–water partition coefficient (Wildman–Crippen LogP) is 2.40. The molecule has 0 N–H and O–H groups in total. The molecule has 0 atom stereocenters. The number of carbonyl (C=O) groups is 2. The lowest BCUT2D eigenvalue weighted by Crippen LogP contribution is -2.27. The van der Waals surface area contributed by atoms with Crippen molar-refractivity contribution in [2.75, 3.05) is 7.05 Å². The van der Waals surface area contributed by atoms with Gasteiger partial charge in [0.15, 0.2) is 5.76 Å². The summed E-state index contributed by atoms with van der Waals surface area (Å²) in [5.41, 5.74) is 0.334. The first kappa shape index (κ1) is 17.7. The van der Waals surface area contributed by atoms with Crippen molar-refractivity contribution in [3.8, 4) is 5.75 Å². The van der Waals surface area contributed by atoms with Crippen molar-refractivity contribution in [1.29, 1.82) is 0 Å². The van der Waals surface area contributed by atoms with Crippen molar-refractivity contribution in [2.24, 2.45) is 0 Å². The molecular weight excluding hydrogens is 358 g/mol. The van der Waals surface area contributed by atoms with Gasteiger partial charge < -0.3 is 9.47 Å². The van der Waals surface area contributed by atoms with E-state index in [0.717, 1.165) is 4.31 Å². The van der Waals surface area contributed by atoms with Gasteiger partial charge in [-0.15, -0.1) is 0 Å². The summed E-state index contributed by atoms with van der Waals surface area (Å²) >= 11 is 0. The summed E-state index contributed by atoms with van der Waals surface area (Å²) in [5.74, 6) is -1.19. The van der Waals surface area contributed by atoms with Crippen LogP contribution < -0.4 is 4.74 Å². The van der Waals surface area contributed by atoms with E-state index in [1.54, 1.807) is 30.3 Å². The lowest BCUT2D eigenvalue weighted by molar-refractivity contribution is -0.131. The van der Waals surface area contributed by atoms with Crippen LogP contribution in [0.5, 0.6) is 5.75 Å². The summed E-state index contributed by atoms with van der Waals surface area (Å²) in [6.45, 7) is 1.22. The minimum atomic E-state index is -3.68. The van der Waals surface area contributed by atoms with Crippen molar-refractivity contribution < 1.29 is 27.5 Å². The molecule has 3 rings (SSSR count). The number of hydrogen-bond donors (Lipinski definition) is 0. The Kier molecular flexibility index (Phi) is 4.52. The molecule has 134 valence electrons. The van der Waals surface area contributed by atoms with Gasteiger partial charge in [0, 0.05) is 19.5 Å². The number of rotatable bonds is 3. The molecule has 2 aromatic carbocycles. The number of carbonyl (C=O) groups excluding carboxylic acids is 2. The molecule has 0 bridgehead atoms. The van der Waals surface area contributed by atoms with Crippen molar-refractivity contribution >= 4 is 27.7 Å². The highest BCUT2D eigenvalue weighted by Gasteiger charge is 2.31. The van der Waals surface area contributed by atoms with E-state index in [9.17, 15) is 18.0 Å². The molecule has 0 aromatic heterocycles. The van der Waals surface area contributed by atoms with Crippen molar-refractivity contribution in [3.05, 3.63) is 65.9 Å². The molecular formula is C18H15NO6S. The van der Waals surface area contributed by atoms with E-state index >= 15 is 0 Å². The van der Waals surface area contributed by atoms with Gasteiger partial charge in [0.25, 0.3) is 10.0 Å². The Labute approximate surface area is 150 Å². The van der Waals surface area contributed by atoms with E-state index in [1.165, 1.54) is 38.4 Å². The lowest BCUT2D eigenvalue weighted by atomic mass is 10.1. The highest BCUT2D eigenvalue weighted by atomic mass is 32.2. The van der Waals surface area contributed by atoms with Gasteiger partial charge in [-0.1, -0.05) is 24.3 Å². The molecule has 0 fully saturated rings. The van der Waals surface area contributed by atoms with E-state index in [2.05, 4.69) is 0 Å². The SMILES string of the molecule is CC(=O)Oc1ccccc1C(=O)OC1=CN(C)S(=O)(=O)c2ccccc21. The van der Waals surface area contributed by atoms with Crippen LogP contribution in [0.3, 0.4) is 0 Å². The standard InChI is InChI=1S/C18H15NO6S/c1-12(20)24-15-9-5-3-8-14(15)18(21)25-16-11-19(2)26(22,23)17-10-6-4-7-13(16)17/h3-11H,1-2H3. The van der Waals surface area contributed by atoms with Gasteiger partial charge in [-0.3, -0.25) is 9.10 Å². The second-order valence-electron chi connectivity index (χ2n) is 5.49. The van der Waals surface area contributed by atoms with Gasteiger partial charge in [-0.05, 0) is 24.3 Å². The average molecular weight is 373 g/mol. The smallest absolute Gasteiger partial charge is 0.347 e. The Morgan fingerprint density at radius 1 is 0.962 bits per heavy atom. The minimum Gasteiger partial charge on any atom is -0.426 e. The summed E-state index contributed by atoms with van der Waals surface area (Å²) in [5, 5.41) is 0. The maximum atomic E-state index is 12.6. The number of para-hydroxylation sites is 1. The molecule has 0 radical (unpaired) electrons. The van der Waals surface area contributed by atoms with E-state index < -0.39 is 22.0 Å². The molecule has 0 unspecified atom stereocenters. The van der Waals surface area contributed by atoms with E-state index in [-0.39, 0.29) is 27.5 Å². The van der Waals surface area contributed by atoms with Crippen LogP contribution in [0.1, 0.15) is 22.8 Å². The largest absolute Gasteiger partial charge is 0.426 e. The first-order chi connectivity index (χ1) is 12.3. The number of nitrogens with zero attached hydrogens (tertiary/aromatic N) is 1. The number of benzene rings is 2. The molecule has 0 aliphatic carbocycles. The second-order valence-corrected chi connectivity index (χ2v) is 7.46. The zero-order valence-corrected chi connectivity index (χ0v) is 14.8. The average Bonchev–Trinajstić information content (AvgIpc) is 2.60. The molecule has 0 amide bonds. The number of ether oxygens (including phenoxy) is 2. The third-order valence-corrected chi connectivity index (χ3v) is 5.45. The Bertz CT molecular complexity index is 1030. The van der Waals surface area contributed by atoms with Crippen LogP contribution in [0.4, 0.5) is 0 Å². The minimum absolute atomic E-state index is 0.0427. The molecule has 1 aliphatic heterocycles. The van der Waals surface area contributed by atoms with Gasteiger partial charge in [0.2, 0.25) is 0 Å². The zero-order chi connectivity index (χ0) is 18.9. The topological polar surface area (TPSA) is 90.0 Å². The van der Waals surface area contributed by atoms with Crippen LogP contribution in [0, 0.1) is 0 Å². The van der Waals surface area contributed by atoms with Crippen molar-refractivity contribution in [2.45, 2.75) is 11.8 Å². The molecule has 2 aromatic rings. The summed E-state index contributed by atoms with van der Waals surface area (Å²) < 4.78 is 36.1. The Morgan fingerprint density at radius 3 is 2.35 bits per heavy atom. The van der Waals surface area contributed by atoms with Gasteiger partial charge in [-0.25, -0.2) is 13.2 Å². The lowest BCUT2D eigenvalue weighted by Gasteiger charge is -2.24. The third-order valence-electron chi connectivity index (χ3n) is 3.67. The fourth-order valence-corrected chi connectivity index (χ4v) is 3.71. The number of fused-ring (bicyclic) bond motifs is 1. The van der Waals surface area contributed by atoms with Crippen LogP contribution in [0.25, 0.3) is 5.76 Å². The number of hydrogen-bond acceptors (Lipinski definition) is 6. The summed E-state index contributed by atoms with van der Waals surface area (Å²) in [6.07, 6.45) is 1.23. The van der Waals surface area contributed by atoms with Crippen LogP contribution in [-0.4, -0.2) is 31.7 Å². The summed E-state index contributed by atoms with van der Waals surface area (Å²) in [7, 11) is -2.33. The highest BCUT2D eigenvalue weighted by Crippen LogP contribution is 2.33. The van der Waals surface area contributed by atoms with Crippen LogP contribution >= 0.6 is 0 Å². The molecule has 26 heavy (non-hydrogen) atoms. The first-order valence-electron chi connectivity index (χ1n) is 7.59. The van der Waals surface area contributed by atoms with Crippen LogP contribution in [0.15, 0.2) is 59.6 Å². The zero-order valence-electron chi connectivity index (χ0n) is 14.0. The second kappa shape index (κ2) is 6.64. The normalized spacial score (nSPS) is 14.8. The fourth-order valence-electron chi connectivity index (χ4n) is 2.47. The van der Waals surface area contributed by atoms with E-state index in [4.69, 9.17) is 9.47 Å². The molecule has 1 aliphatic rings. The summed E-state index contributed by atoms with van der Waals surface area (Å²) in [6, 6.07) is 12.4. The van der Waals surface area contributed by atoms with Crippen LogP contribution in [0.2, 0.25) is 0 Å². The summed E-state index contributed by atoms with van der Waals surface area (Å²) in [4.78, 5) is 23.8. The molecule has 7 nitrogen and oxygen atoms in total. The van der Waals surface area contributed by atoms with Gasteiger partial charge in [0.1, 0.15) is 11.3 Å². The quantitative estimate of drug-likeness (QED) is 0.606. The molecule has 1 heterocycles. The Hall–Kier alpha value is -3.13. The first-order valence-corrected chi connectivity index (χ1v) is 9.03. The monoisotopic (exact) mass is 373 g/mol. The molecule has 0 saturated carbocycles. The van der Waals surface area contributed by atoms with Crippen molar-refractivity contribution in [3.63, 3.8) is 0 Å². The van der Waals surface area contributed by atoms with Crippen molar-refractivity contribution in [1.82, 2.24) is 4.31 Å². The van der Waals surface area contributed by atoms with Gasteiger partial charge in [0.05, 0.1) is 11.1 Å². The number of sulfonamides is 1. The highest BCUT2D eigenvalue weighted by molar-refractivity contribution is 7.89. The number of esters is 2.